The van der Waals surface area contributed by atoms with Gasteiger partial charge in [-0.15, -0.1) is 23.1 Å². The maximum Gasteiger partial charge on any atom is 0.329 e. The molecule has 9 nitrogen and oxygen atoms in total. The van der Waals surface area contributed by atoms with Crippen LogP contribution in [0.25, 0.3) is 0 Å². The lowest BCUT2D eigenvalue weighted by molar-refractivity contribution is -0.153. The molecule has 0 saturated carbocycles. The SMILES string of the molecule is CCCCCCCC(=O)SCCC/C=C/C1CC(=O)NCc2nc(cs2)C2=N[C@@](C)(CS2)C(=O)N[C@@H](C(C)C)C(=O)O1. The number of thiazole rings is 1. The van der Waals surface area contributed by atoms with E-state index in [1.165, 1.54) is 54.1 Å². The Labute approximate surface area is 261 Å². The number of amides is 2. The molecule has 3 rings (SSSR count). The Balaban J connectivity index is 1.62. The molecule has 3 atom stereocenters. The largest absolute Gasteiger partial charge is 0.456 e. The van der Waals surface area contributed by atoms with Gasteiger partial charge in [-0.25, -0.2) is 9.78 Å². The molecule has 1 aromatic heterocycles. The van der Waals surface area contributed by atoms with Crippen LogP contribution in [0.4, 0.5) is 0 Å². The molecule has 0 aliphatic carbocycles. The molecule has 4 bridgehead atoms. The van der Waals surface area contributed by atoms with E-state index in [1.54, 1.807) is 13.0 Å². The minimum atomic E-state index is -1.03. The lowest BCUT2D eigenvalue weighted by Gasteiger charge is -2.27. The van der Waals surface area contributed by atoms with E-state index in [0.717, 1.165) is 30.0 Å². The van der Waals surface area contributed by atoms with Crippen molar-refractivity contribution >= 4 is 62.8 Å². The van der Waals surface area contributed by atoms with E-state index in [-0.39, 0.29) is 35.8 Å². The van der Waals surface area contributed by atoms with Crippen molar-refractivity contribution in [3.63, 3.8) is 0 Å². The first-order valence-electron chi connectivity index (χ1n) is 14.9. The zero-order valence-corrected chi connectivity index (χ0v) is 27.6. The molecule has 1 aromatic rings. The predicted octanol–water partition coefficient (Wildman–Crippen LogP) is 5.42. The molecule has 232 valence electrons. The van der Waals surface area contributed by atoms with Crippen molar-refractivity contribution < 1.29 is 23.9 Å². The Morgan fingerprint density at radius 1 is 1.21 bits per heavy atom. The van der Waals surface area contributed by atoms with Gasteiger partial charge in [-0.3, -0.25) is 19.4 Å². The number of hydrogen-bond acceptors (Lipinski definition) is 10. The molecular weight excluding hydrogens is 593 g/mol. The summed E-state index contributed by atoms with van der Waals surface area (Å²) in [7, 11) is 0. The van der Waals surface area contributed by atoms with Crippen LogP contribution in [0.2, 0.25) is 0 Å². The number of aromatic nitrogens is 1. The van der Waals surface area contributed by atoms with Gasteiger partial charge < -0.3 is 15.4 Å². The molecule has 42 heavy (non-hydrogen) atoms. The fraction of sp³-hybridized carbons (Fsp3) is 0.667. The summed E-state index contributed by atoms with van der Waals surface area (Å²) in [4.78, 5) is 60.7. The number of unbranched alkanes of at least 4 members (excludes halogenated alkanes) is 5. The number of esters is 1. The Kier molecular flexibility index (Phi) is 14.1. The van der Waals surface area contributed by atoms with Crippen molar-refractivity contribution in [3.8, 4) is 0 Å². The number of aliphatic imine (C=N–C) groups is 1. The zero-order chi connectivity index (χ0) is 30.5. The van der Waals surface area contributed by atoms with Crippen LogP contribution in [0.5, 0.6) is 0 Å². The molecule has 2 aliphatic rings. The third kappa shape index (κ3) is 10.8. The lowest BCUT2D eigenvalue weighted by Crippen LogP contribution is -2.53. The van der Waals surface area contributed by atoms with E-state index in [1.807, 2.05) is 25.3 Å². The number of ether oxygens (including phenoxy) is 1. The number of thioether (sulfide) groups is 2. The number of rotatable bonds is 12. The highest BCUT2D eigenvalue weighted by Crippen LogP contribution is 2.32. The second-order valence-corrected chi connectivity index (χ2v) is 14.3. The van der Waals surface area contributed by atoms with E-state index < -0.39 is 23.7 Å². The summed E-state index contributed by atoms with van der Waals surface area (Å²) in [5.41, 5.74) is -0.346. The van der Waals surface area contributed by atoms with E-state index in [2.05, 4.69) is 27.5 Å². The number of carbonyl (C=O) groups excluding carboxylic acids is 4. The van der Waals surface area contributed by atoms with Crippen LogP contribution < -0.4 is 10.6 Å². The third-order valence-corrected chi connectivity index (χ3v) is 10.2. The first-order chi connectivity index (χ1) is 20.1. The quantitative estimate of drug-likeness (QED) is 0.177. The van der Waals surface area contributed by atoms with Crippen LogP contribution in [0.3, 0.4) is 0 Å². The number of allylic oxidation sites excluding steroid dienone is 1. The summed E-state index contributed by atoms with van der Waals surface area (Å²) in [5.74, 6) is -0.281. The Hall–Kier alpha value is -2.18. The number of nitrogens with one attached hydrogen (secondary N) is 2. The summed E-state index contributed by atoms with van der Waals surface area (Å²) in [6.07, 6.45) is 10.5. The monoisotopic (exact) mass is 636 g/mol. The second-order valence-electron chi connectivity index (χ2n) is 11.2. The van der Waals surface area contributed by atoms with Gasteiger partial charge in [0.15, 0.2) is 5.12 Å². The fourth-order valence-electron chi connectivity index (χ4n) is 4.41. The second kappa shape index (κ2) is 17.2. The van der Waals surface area contributed by atoms with Gasteiger partial charge in [0, 0.05) is 23.3 Å². The van der Waals surface area contributed by atoms with Crippen molar-refractivity contribution in [3.05, 3.63) is 28.2 Å². The highest BCUT2D eigenvalue weighted by molar-refractivity contribution is 8.14. The van der Waals surface area contributed by atoms with Gasteiger partial charge in [0.1, 0.15) is 33.4 Å². The van der Waals surface area contributed by atoms with Gasteiger partial charge in [-0.1, -0.05) is 64.3 Å². The Morgan fingerprint density at radius 2 is 2.00 bits per heavy atom. The molecule has 2 amide bonds. The van der Waals surface area contributed by atoms with Gasteiger partial charge >= 0.3 is 5.97 Å². The first-order valence-corrected chi connectivity index (χ1v) is 17.7. The first kappa shape index (κ1) is 34.3. The molecule has 0 fully saturated rings. The highest BCUT2D eigenvalue weighted by atomic mass is 32.2. The molecular formula is C30H44N4O5S3. The molecule has 0 aromatic carbocycles. The normalized spacial score (nSPS) is 23.5. The number of cyclic esters (lactones) is 1. The van der Waals surface area contributed by atoms with E-state index in [9.17, 15) is 19.2 Å². The topological polar surface area (TPSA) is 127 Å². The van der Waals surface area contributed by atoms with E-state index in [4.69, 9.17) is 4.74 Å². The van der Waals surface area contributed by atoms with E-state index in [0.29, 0.717) is 29.3 Å². The van der Waals surface area contributed by atoms with Crippen molar-refractivity contribution in [2.75, 3.05) is 11.5 Å². The van der Waals surface area contributed by atoms with Gasteiger partial charge in [0.25, 0.3) is 0 Å². The minimum Gasteiger partial charge on any atom is -0.456 e. The number of carbonyl (C=O) groups is 4. The summed E-state index contributed by atoms with van der Waals surface area (Å²) in [6.45, 7) is 7.86. The molecule has 2 N–H and O–H groups in total. The Bertz CT molecular complexity index is 1150. The van der Waals surface area contributed by atoms with Crippen LogP contribution in [-0.4, -0.2) is 62.1 Å². The van der Waals surface area contributed by atoms with Gasteiger partial charge in [-0.05, 0) is 38.2 Å². The third-order valence-electron chi connectivity index (χ3n) is 7.01. The molecule has 0 saturated heterocycles. The molecule has 2 aliphatic heterocycles. The minimum absolute atomic E-state index is 0.0508. The van der Waals surface area contributed by atoms with Crippen molar-refractivity contribution in [2.45, 2.75) is 110 Å². The maximum atomic E-state index is 13.3. The highest BCUT2D eigenvalue weighted by Gasteiger charge is 2.41. The predicted molar refractivity (Wildman–Crippen MR) is 172 cm³/mol. The molecule has 12 heteroatoms. The van der Waals surface area contributed by atoms with Gasteiger partial charge in [-0.2, -0.15) is 0 Å². The average Bonchev–Trinajstić information content (AvgIpc) is 3.59. The van der Waals surface area contributed by atoms with Crippen LogP contribution in [0.1, 0.15) is 96.2 Å². The summed E-state index contributed by atoms with van der Waals surface area (Å²) < 4.78 is 5.79. The van der Waals surface area contributed by atoms with Crippen LogP contribution in [0.15, 0.2) is 22.5 Å². The van der Waals surface area contributed by atoms with Crippen LogP contribution in [-0.2, 0) is 30.5 Å². The van der Waals surface area contributed by atoms with Crippen LogP contribution >= 0.6 is 34.9 Å². The fourth-order valence-corrected chi connectivity index (χ4v) is 7.16. The van der Waals surface area contributed by atoms with Gasteiger partial charge in [0.05, 0.1) is 13.0 Å². The average molecular weight is 637 g/mol. The molecule has 3 heterocycles. The van der Waals surface area contributed by atoms with Crippen molar-refractivity contribution in [1.29, 1.82) is 0 Å². The number of fused-ring (bicyclic) bond motifs is 4. The summed E-state index contributed by atoms with van der Waals surface area (Å²) >= 11 is 4.24. The van der Waals surface area contributed by atoms with Gasteiger partial charge in [0.2, 0.25) is 11.8 Å². The molecule has 0 radical (unpaired) electrons. The Morgan fingerprint density at radius 3 is 2.76 bits per heavy atom. The maximum absolute atomic E-state index is 13.3. The summed E-state index contributed by atoms with van der Waals surface area (Å²) in [6, 6.07) is -0.888. The number of hydrogen-bond donors (Lipinski definition) is 2. The smallest absolute Gasteiger partial charge is 0.329 e. The van der Waals surface area contributed by atoms with Crippen LogP contribution in [0, 0.1) is 5.92 Å². The van der Waals surface area contributed by atoms with Crippen molar-refractivity contribution in [1.82, 2.24) is 15.6 Å². The lowest BCUT2D eigenvalue weighted by atomic mass is 10.0. The molecule has 0 spiro atoms. The molecule has 1 unspecified atom stereocenters. The zero-order valence-electron chi connectivity index (χ0n) is 25.1. The standard InChI is InChI=1S/C30H44N4O5S3/c1-5-6-7-8-11-14-25(36)40-15-12-9-10-13-21-16-23(35)31-17-24-32-22(18-41-24)27-34-30(4,19-42-27)29(38)33-26(20(2)3)28(37)39-21/h10,13,18,20-21,26H,5-9,11-12,14-17,19H2,1-4H3,(H,31,35)(H,33,38)/b13-10+/t21?,26-,30-/m0/s1. The van der Waals surface area contributed by atoms with Crippen molar-refractivity contribution in [2.24, 2.45) is 10.9 Å². The number of nitrogens with zero attached hydrogens (tertiary/aromatic N) is 2. The van der Waals surface area contributed by atoms with E-state index >= 15 is 0 Å². The summed E-state index contributed by atoms with van der Waals surface area (Å²) in [5, 5.41) is 9.24.